The molecule has 0 amide bonds. The van der Waals surface area contributed by atoms with Crippen LogP contribution < -0.4 is 11.5 Å². The molecule has 4 heteroatoms. The van der Waals surface area contributed by atoms with Crippen molar-refractivity contribution >= 4 is 11.7 Å². The van der Waals surface area contributed by atoms with Crippen molar-refractivity contribution in [2.75, 3.05) is 6.54 Å². The summed E-state index contributed by atoms with van der Waals surface area (Å²) in [6, 6.07) is 0.521. The third-order valence-corrected chi connectivity index (χ3v) is 1.91. The van der Waals surface area contributed by atoms with Crippen LogP contribution in [0.3, 0.4) is 0 Å². The first-order valence-electron chi connectivity index (χ1n) is 4.32. The van der Waals surface area contributed by atoms with Gasteiger partial charge in [-0.25, -0.2) is 0 Å². The van der Waals surface area contributed by atoms with E-state index in [1.807, 2.05) is 0 Å². The van der Waals surface area contributed by atoms with Gasteiger partial charge in [-0.2, -0.15) is 0 Å². The summed E-state index contributed by atoms with van der Waals surface area (Å²) in [6.45, 7) is 2.86. The summed E-state index contributed by atoms with van der Waals surface area (Å²) in [4.78, 5) is 8.11. The van der Waals surface area contributed by atoms with Gasteiger partial charge in [0.05, 0.1) is 6.04 Å². The Labute approximate surface area is 72.8 Å². The molecule has 1 atom stereocenters. The van der Waals surface area contributed by atoms with Gasteiger partial charge in [-0.3, -0.25) is 9.98 Å². The maximum absolute atomic E-state index is 5.17. The normalized spacial score (nSPS) is 20.1. The Hall–Kier alpha value is -1.06. The van der Waals surface area contributed by atoms with Crippen LogP contribution in [0.5, 0.6) is 0 Å². The highest BCUT2D eigenvalue weighted by atomic mass is 15.0. The molecule has 0 spiro atoms. The Morgan fingerprint density at radius 1 is 1.50 bits per heavy atom. The Balaban J connectivity index is 1.90. The average molecular weight is 168 g/mol. The van der Waals surface area contributed by atoms with Gasteiger partial charge in [-0.05, 0) is 26.2 Å². The zero-order valence-electron chi connectivity index (χ0n) is 7.45. The predicted octanol–water partition coefficient (Wildman–Crippen LogP) is 0.273. The molecule has 0 aromatic heterocycles. The topological polar surface area (TPSA) is 76.8 Å². The summed E-state index contributed by atoms with van der Waals surface area (Å²) in [5.74, 6) is 0.187. The molecule has 0 aliphatic carbocycles. The van der Waals surface area contributed by atoms with Crippen molar-refractivity contribution in [3.05, 3.63) is 0 Å². The first kappa shape index (κ1) is 9.03. The molecule has 1 heterocycles. The van der Waals surface area contributed by atoms with E-state index < -0.39 is 0 Å². The second-order valence-corrected chi connectivity index (χ2v) is 3.06. The summed E-state index contributed by atoms with van der Waals surface area (Å²) in [7, 11) is 0. The number of hydrogen-bond donors (Lipinski definition) is 2. The van der Waals surface area contributed by atoms with Gasteiger partial charge in [-0.15, -0.1) is 0 Å². The van der Waals surface area contributed by atoms with E-state index in [-0.39, 0.29) is 5.96 Å². The lowest BCUT2D eigenvalue weighted by atomic mass is 10.2. The van der Waals surface area contributed by atoms with E-state index in [0.29, 0.717) is 6.04 Å². The molecule has 0 saturated heterocycles. The lowest BCUT2D eigenvalue weighted by Gasteiger charge is -1.94. The minimum Gasteiger partial charge on any atom is -0.370 e. The van der Waals surface area contributed by atoms with E-state index in [4.69, 9.17) is 11.5 Å². The summed E-state index contributed by atoms with van der Waals surface area (Å²) in [5, 5.41) is 0. The molecule has 4 N–H and O–H groups in total. The molecule has 0 bridgehead atoms. The minimum absolute atomic E-state index is 0.187. The molecule has 1 aliphatic rings. The zero-order valence-corrected chi connectivity index (χ0v) is 7.45. The van der Waals surface area contributed by atoms with Crippen LogP contribution in [0.4, 0.5) is 0 Å². The fourth-order valence-electron chi connectivity index (χ4n) is 1.11. The van der Waals surface area contributed by atoms with Gasteiger partial charge < -0.3 is 11.5 Å². The molecule has 68 valence electrons. The van der Waals surface area contributed by atoms with Crippen LogP contribution in [0.15, 0.2) is 9.98 Å². The van der Waals surface area contributed by atoms with Crippen LogP contribution in [0.1, 0.15) is 26.2 Å². The van der Waals surface area contributed by atoms with Crippen molar-refractivity contribution in [1.29, 1.82) is 0 Å². The lowest BCUT2D eigenvalue weighted by Crippen LogP contribution is -2.22. The highest BCUT2D eigenvalue weighted by Gasteiger charge is 2.19. The Morgan fingerprint density at radius 3 is 2.67 bits per heavy atom. The number of hydrogen-bond acceptors (Lipinski definition) is 2. The third-order valence-electron chi connectivity index (χ3n) is 1.91. The van der Waals surface area contributed by atoms with Gasteiger partial charge >= 0.3 is 0 Å². The molecular weight excluding hydrogens is 152 g/mol. The monoisotopic (exact) mass is 168 g/mol. The number of guanidine groups is 1. The van der Waals surface area contributed by atoms with Crippen LogP contribution in [-0.2, 0) is 0 Å². The fourth-order valence-corrected chi connectivity index (χ4v) is 1.11. The SMILES string of the molecule is CC1N=C1CCCCN=C(N)N. The molecule has 0 saturated carbocycles. The van der Waals surface area contributed by atoms with Crippen molar-refractivity contribution in [3.8, 4) is 0 Å². The van der Waals surface area contributed by atoms with Crippen LogP contribution in [0, 0.1) is 0 Å². The second-order valence-electron chi connectivity index (χ2n) is 3.06. The molecule has 0 aromatic carbocycles. The highest BCUT2D eigenvalue weighted by molar-refractivity contribution is 6.00. The third kappa shape index (κ3) is 3.37. The summed E-state index contributed by atoms with van der Waals surface area (Å²) in [5.41, 5.74) is 11.7. The standard InChI is InChI=1S/C8H16N4/c1-6-7(12-6)4-2-3-5-11-8(9)10/h6H,2-5H2,1H3,(H4,9,10,11). The van der Waals surface area contributed by atoms with Crippen molar-refractivity contribution in [2.45, 2.75) is 32.2 Å². The van der Waals surface area contributed by atoms with Gasteiger partial charge in [0.2, 0.25) is 0 Å². The number of nitrogens with two attached hydrogens (primary N) is 2. The quantitative estimate of drug-likeness (QED) is 0.351. The van der Waals surface area contributed by atoms with E-state index in [2.05, 4.69) is 16.9 Å². The van der Waals surface area contributed by atoms with E-state index in [1.54, 1.807) is 0 Å². The van der Waals surface area contributed by atoms with E-state index in [9.17, 15) is 0 Å². The lowest BCUT2D eigenvalue weighted by molar-refractivity contribution is 0.774. The Morgan fingerprint density at radius 2 is 2.17 bits per heavy atom. The van der Waals surface area contributed by atoms with E-state index in [1.165, 1.54) is 5.71 Å². The van der Waals surface area contributed by atoms with Crippen LogP contribution >= 0.6 is 0 Å². The smallest absolute Gasteiger partial charge is 0.185 e. The first-order valence-corrected chi connectivity index (χ1v) is 4.32. The van der Waals surface area contributed by atoms with Crippen molar-refractivity contribution in [3.63, 3.8) is 0 Å². The molecule has 1 aliphatic heterocycles. The summed E-state index contributed by atoms with van der Waals surface area (Å²) >= 11 is 0. The summed E-state index contributed by atoms with van der Waals surface area (Å²) < 4.78 is 0. The maximum atomic E-state index is 5.17. The zero-order chi connectivity index (χ0) is 8.97. The number of rotatable bonds is 5. The molecule has 0 aromatic rings. The molecule has 0 radical (unpaired) electrons. The van der Waals surface area contributed by atoms with Gasteiger partial charge in [0.25, 0.3) is 0 Å². The van der Waals surface area contributed by atoms with Crippen LogP contribution in [0.2, 0.25) is 0 Å². The van der Waals surface area contributed by atoms with Crippen molar-refractivity contribution in [2.24, 2.45) is 21.5 Å². The van der Waals surface area contributed by atoms with E-state index in [0.717, 1.165) is 25.8 Å². The summed E-state index contributed by atoms with van der Waals surface area (Å²) in [6.07, 6.45) is 3.30. The Bertz CT molecular complexity index is 203. The number of aliphatic imine (C=N–C) groups is 2. The van der Waals surface area contributed by atoms with Gasteiger partial charge in [-0.1, -0.05) is 0 Å². The highest BCUT2D eigenvalue weighted by Crippen LogP contribution is 2.15. The van der Waals surface area contributed by atoms with Crippen molar-refractivity contribution in [1.82, 2.24) is 0 Å². The molecule has 12 heavy (non-hydrogen) atoms. The average Bonchev–Trinajstić information content (AvgIpc) is 2.65. The predicted molar refractivity (Wildman–Crippen MR) is 51.4 cm³/mol. The first-order chi connectivity index (χ1) is 5.70. The number of unbranched alkanes of at least 4 members (excludes halogenated alkanes) is 1. The van der Waals surface area contributed by atoms with Gasteiger partial charge in [0.1, 0.15) is 0 Å². The Kier molecular flexibility index (Phi) is 3.08. The molecule has 4 nitrogen and oxygen atoms in total. The second kappa shape index (κ2) is 4.09. The van der Waals surface area contributed by atoms with Crippen molar-refractivity contribution < 1.29 is 0 Å². The molecule has 1 unspecified atom stereocenters. The van der Waals surface area contributed by atoms with Crippen LogP contribution in [0.25, 0.3) is 0 Å². The molecule has 1 rings (SSSR count). The largest absolute Gasteiger partial charge is 0.370 e. The van der Waals surface area contributed by atoms with E-state index >= 15 is 0 Å². The minimum atomic E-state index is 0.187. The molecule has 0 fully saturated rings. The van der Waals surface area contributed by atoms with Crippen LogP contribution in [-0.4, -0.2) is 24.3 Å². The number of nitrogens with zero attached hydrogens (tertiary/aromatic N) is 2. The maximum Gasteiger partial charge on any atom is 0.185 e. The van der Waals surface area contributed by atoms with Gasteiger partial charge in [0, 0.05) is 12.3 Å². The fraction of sp³-hybridized carbons (Fsp3) is 0.750. The van der Waals surface area contributed by atoms with Gasteiger partial charge in [0.15, 0.2) is 5.96 Å². The molecular formula is C8H16N4.